The third kappa shape index (κ3) is 3.17. The van der Waals surface area contributed by atoms with Crippen LogP contribution in [0.3, 0.4) is 0 Å². The lowest BCUT2D eigenvalue weighted by atomic mass is 9.86. The number of anilines is 1. The van der Waals surface area contributed by atoms with Crippen LogP contribution in [0.2, 0.25) is 5.02 Å². The summed E-state index contributed by atoms with van der Waals surface area (Å²) in [6.45, 7) is 0. The number of thiophene rings is 1. The summed E-state index contributed by atoms with van der Waals surface area (Å²) in [6, 6.07) is 15.4. The summed E-state index contributed by atoms with van der Waals surface area (Å²) in [5, 5.41) is 10.7. The molecule has 166 valence electrons. The van der Waals surface area contributed by atoms with Crippen molar-refractivity contribution in [3.05, 3.63) is 86.8 Å². The van der Waals surface area contributed by atoms with Gasteiger partial charge in [-0.1, -0.05) is 23.7 Å². The first kappa shape index (κ1) is 20.1. The average Bonchev–Trinajstić information content (AvgIpc) is 3.54. The molecule has 0 fully saturated rings. The zero-order chi connectivity index (χ0) is 22.5. The van der Waals surface area contributed by atoms with Gasteiger partial charge >= 0.3 is 0 Å². The average molecular weight is 479 g/mol. The summed E-state index contributed by atoms with van der Waals surface area (Å²) in [6.07, 6.45) is 1.24. The van der Waals surface area contributed by atoms with Gasteiger partial charge in [0.25, 0.3) is 0 Å². The number of methoxy groups -OCH3 is 2. The highest BCUT2D eigenvalue weighted by Gasteiger charge is 2.41. The van der Waals surface area contributed by atoms with Crippen molar-refractivity contribution in [2.75, 3.05) is 19.5 Å². The fraction of sp³-hybridized carbons (Fsp3) is 0.167. The molecule has 7 nitrogen and oxygen atoms in total. The molecule has 2 atom stereocenters. The quantitative estimate of drug-likeness (QED) is 0.413. The Morgan fingerprint density at radius 1 is 1.09 bits per heavy atom. The molecule has 1 N–H and O–H groups in total. The fourth-order valence-electron chi connectivity index (χ4n) is 4.46. The van der Waals surface area contributed by atoms with Crippen molar-refractivity contribution in [1.29, 1.82) is 0 Å². The smallest absolute Gasteiger partial charge is 0.226 e. The van der Waals surface area contributed by atoms with Gasteiger partial charge in [0, 0.05) is 21.0 Å². The molecule has 2 aliphatic rings. The van der Waals surface area contributed by atoms with Crippen LogP contribution in [0.1, 0.15) is 28.1 Å². The van der Waals surface area contributed by atoms with Crippen LogP contribution in [0.4, 0.5) is 5.95 Å². The van der Waals surface area contributed by atoms with Crippen LogP contribution in [0, 0.1) is 0 Å². The molecule has 4 aromatic rings. The van der Waals surface area contributed by atoms with Crippen molar-refractivity contribution in [2.45, 2.75) is 12.1 Å². The molecule has 0 saturated heterocycles. The molecule has 33 heavy (non-hydrogen) atoms. The number of rotatable bonds is 4. The molecule has 0 radical (unpaired) electrons. The first-order valence-corrected chi connectivity index (χ1v) is 11.6. The number of hydrogen-bond acceptors (Lipinski definition) is 7. The SMILES string of the molecule is COc1ccc([C@@H]2C3=C(Nc4ncnn42)c2cc(Cl)ccc2O[C@H]3c2cccs2)cc1OC. The molecule has 0 bridgehead atoms. The third-order valence-electron chi connectivity index (χ3n) is 5.90. The lowest BCUT2D eigenvalue weighted by Gasteiger charge is -2.38. The van der Waals surface area contributed by atoms with Crippen molar-refractivity contribution in [2.24, 2.45) is 0 Å². The van der Waals surface area contributed by atoms with Gasteiger partial charge < -0.3 is 19.5 Å². The van der Waals surface area contributed by atoms with Gasteiger partial charge in [-0.3, -0.25) is 0 Å². The number of hydrogen-bond donors (Lipinski definition) is 1. The number of nitrogens with zero attached hydrogens (tertiary/aromatic N) is 3. The van der Waals surface area contributed by atoms with E-state index in [1.165, 1.54) is 0 Å². The zero-order valence-electron chi connectivity index (χ0n) is 17.8. The minimum atomic E-state index is -0.309. The molecular formula is C24H19ClN4O3S. The lowest BCUT2D eigenvalue weighted by molar-refractivity contribution is 0.226. The molecule has 4 heterocycles. The monoisotopic (exact) mass is 478 g/mol. The lowest BCUT2D eigenvalue weighted by Crippen LogP contribution is -2.32. The van der Waals surface area contributed by atoms with Crippen LogP contribution in [0.5, 0.6) is 17.2 Å². The maximum atomic E-state index is 6.58. The minimum absolute atomic E-state index is 0.280. The van der Waals surface area contributed by atoms with Gasteiger partial charge in [0.05, 0.1) is 19.9 Å². The second-order valence-electron chi connectivity index (χ2n) is 7.65. The van der Waals surface area contributed by atoms with Gasteiger partial charge in [0.1, 0.15) is 18.1 Å². The van der Waals surface area contributed by atoms with Crippen molar-refractivity contribution in [3.8, 4) is 17.2 Å². The molecule has 9 heteroatoms. The van der Waals surface area contributed by atoms with E-state index in [0.29, 0.717) is 22.5 Å². The number of nitrogens with one attached hydrogen (secondary N) is 1. The summed E-state index contributed by atoms with van der Waals surface area (Å²) >= 11 is 8.04. The highest BCUT2D eigenvalue weighted by atomic mass is 35.5. The fourth-order valence-corrected chi connectivity index (χ4v) is 5.41. The molecule has 0 amide bonds. The van der Waals surface area contributed by atoms with E-state index in [4.69, 9.17) is 25.8 Å². The molecule has 2 aromatic heterocycles. The number of benzene rings is 2. The highest BCUT2D eigenvalue weighted by molar-refractivity contribution is 7.10. The molecule has 6 rings (SSSR count). The van der Waals surface area contributed by atoms with Gasteiger partial charge in [0.15, 0.2) is 17.6 Å². The van der Waals surface area contributed by atoms with Crippen LogP contribution in [-0.2, 0) is 0 Å². The van der Waals surface area contributed by atoms with Crippen LogP contribution in [0.15, 0.2) is 65.8 Å². The summed E-state index contributed by atoms with van der Waals surface area (Å²) in [7, 11) is 3.26. The minimum Gasteiger partial charge on any atom is -0.493 e. The van der Waals surface area contributed by atoms with Crippen LogP contribution < -0.4 is 19.5 Å². The zero-order valence-corrected chi connectivity index (χ0v) is 19.4. The predicted octanol–water partition coefficient (Wildman–Crippen LogP) is 5.57. The second kappa shape index (κ2) is 7.83. The standard InChI is InChI=1S/C24H19ClN4O3S/c1-30-17-7-5-13(10-18(17)31-2)22-20-21(28-24-26-12-27-29(22)24)15-11-14(25)6-8-16(15)32-23(20)19-4-3-9-33-19/h3-12,22-23H,1-2H3,(H,26,27,28)/t22-,23+/m1/s1. The third-order valence-corrected chi connectivity index (χ3v) is 7.05. The van der Waals surface area contributed by atoms with Crippen LogP contribution in [0.25, 0.3) is 5.70 Å². The van der Waals surface area contributed by atoms with E-state index in [1.54, 1.807) is 31.9 Å². The number of aromatic nitrogens is 3. The predicted molar refractivity (Wildman–Crippen MR) is 127 cm³/mol. The first-order chi connectivity index (χ1) is 16.2. The maximum Gasteiger partial charge on any atom is 0.226 e. The Labute approximate surface area is 199 Å². The van der Waals surface area contributed by atoms with Crippen LogP contribution >= 0.6 is 22.9 Å². The Morgan fingerprint density at radius 3 is 2.76 bits per heavy atom. The van der Waals surface area contributed by atoms with Gasteiger partial charge in [0.2, 0.25) is 5.95 Å². The molecular weight excluding hydrogens is 460 g/mol. The van der Waals surface area contributed by atoms with E-state index in [-0.39, 0.29) is 12.1 Å². The largest absolute Gasteiger partial charge is 0.493 e. The van der Waals surface area contributed by atoms with E-state index < -0.39 is 0 Å². The van der Waals surface area contributed by atoms with E-state index in [2.05, 4.69) is 26.8 Å². The second-order valence-corrected chi connectivity index (χ2v) is 9.07. The normalized spacial score (nSPS) is 18.5. The molecule has 0 saturated carbocycles. The van der Waals surface area contributed by atoms with Crippen molar-refractivity contribution < 1.29 is 14.2 Å². The van der Waals surface area contributed by atoms with Gasteiger partial charge in [-0.05, 0) is 47.3 Å². The highest BCUT2D eigenvalue weighted by Crippen LogP contribution is 2.52. The molecule has 2 aromatic carbocycles. The Morgan fingerprint density at radius 2 is 1.97 bits per heavy atom. The van der Waals surface area contributed by atoms with Gasteiger partial charge in [-0.25, -0.2) is 4.68 Å². The maximum absolute atomic E-state index is 6.58. The van der Waals surface area contributed by atoms with Crippen molar-refractivity contribution in [3.63, 3.8) is 0 Å². The van der Waals surface area contributed by atoms with Crippen LogP contribution in [-0.4, -0.2) is 29.0 Å². The van der Waals surface area contributed by atoms with E-state index in [9.17, 15) is 0 Å². The summed E-state index contributed by atoms with van der Waals surface area (Å²) in [4.78, 5) is 5.56. The van der Waals surface area contributed by atoms with Crippen molar-refractivity contribution >= 4 is 34.6 Å². The summed E-state index contributed by atoms with van der Waals surface area (Å²) < 4.78 is 19.5. The molecule has 0 unspecified atom stereocenters. The topological polar surface area (TPSA) is 70.4 Å². The summed E-state index contributed by atoms with van der Waals surface area (Å²) in [5.74, 6) is 2.72. The Hall–Kier alpha value is -3.49. The molecule has 0 spiro atoms. The first-order valence-electron chi connectivity index (χ1n) is 10.3. The number of halogens is 1. The van der Waals surface area contributed by atoms with E-state index >= 15 is 0 Å². The molecule has 2 aliphatic heterocycles. The Balaban J connectivity index is 1.63. The van der Waals surface area contributed by atoms with E-state index in [0.717, 1.165) is 33.0 Å². The van der Waals surface area contributed by atoms with Crippen molar-refractivity contribution in [1.82, 2.24) is 14.8 Å². The Kier molecular flexibility index (Phi) is 4.78. The number of fused-ring (bicyclic) bond motifs is 3. The Bertz CT molecular complexity index is 1380. The van der Waals surface area contributed by atoms with Gasteiger partial charge in [-0.2, -0.15) is 10.1 Å². The van der Waals surface area contributed by atoms with Gasteiger partial charge in [-0.15, -0.1) is 11.3 Å². The summed E-state index contributed by atoms with van der Waals surface area (Å²) in [5.41, 5.74) is 3.82. The molecule has 0 aliphatic carbocycles. The van der Waals surface area contributed by atoms with E-state index in [1.807, 2.05) is 47.1 Å². The number of ether oxygens (including phenoxy) is 3.